The standard InChI is InChI=1S/C25H34N2/c1-2-10-16-24(15-9-1)25(19-22-11-5-3-6-12-22)21-27(18-17-26-25)20-23-13-7-4-8-14-23/h3-8,11-14,24,26H,1-2,9-10,15-21H2. The van der Waals surface area contributed by atoms with E-state index in [2.05, 4.69) is 70.9 Å². The number of hydrogen-bond donors (Lipinski definition) is 1. The van der Waals surface area contributed by atoms with E-state index in [1.807, 2.05) is 0 Å². The quantitative estimate of drug-likeness (QED) is 0.749. The third kappa shape index (κ3) is 4.80. The van der Waals surface area contributed by atoms with Crippen molar-refractivity contribution in [3.05, 3.63) is 71.8 Å². The van der Waals surface area contributed by atoms with E-state index >= 15 is 0 Å². The molecule has 4 rings (SSSR count). The van der Waals surface area contributed by atoms with Gasteiger partial charge in [-0.15, -0.1) is 0 Å². The van der Waals surface area contributed by atoms with E-state index in [0.717, 1.165) is 32.0 Å². The lowest BCUT2D eigenvalue weighted by Gasteiger charge is -2.49. The minimum absolute atomic E-state index is 0.221. The Kier molecular flexibility index (Phi) is 6.26. The van der Waals surface area contributed by atoms with Crippen LogP contribution in [-0.4, -0.2) is 30.1 Å². The van der Waals surface area contributed by atoms with E-state index < -0.39 is 0 Å². The number of benzene rings is 2. The minimum Gasteiger partial charge on any atom is -0.308 e. The second-order valence-electron chi connectivity index (χ2n) is 8.63. The molecule has 1 aliphatic carbocycles. The molecular weight excluding hydrogens is 328 g/mol. The smallest absolute Gasteiger partial charge is 0.0378 e. The normalized spacial score (nSPS) is 25.2. The third-order valence-corrected chi connectivity index (χ3v) is 6.66. The average molecular weight is 363 g/mol. The summed E-state index contributed by atoms with van der Waals surface area (Å²) in [5, 5.41) is 4.05. The molecule has 2 aromatic rings. The molecule has 27 heavy (non-hydrogen) atoms. The molecule has 2 aliphatic rings. The Morgan fingerprint density at radius 1 is 0.815 bits per heavy atom. The number of rotatable bonds is 5. The molecule has 0 bridgehead atoms. The van der Waals surface area contributed by atoms with E-state index in [0.29, 0.717) is 0 Å². The molecule has 2 nitrogen and oxygen atoms in total. The maximum Gasteiger partial charge on any atom is 0.0378 e. The molecule has 1 unspecified atom stereocenters. The molecule has 0 spiro atoms. The third-order valence-electron chi connectivity index (χ3n) is 6.66. The van der Waals surface area contributed by atoms with Crippen molar-refractivity contribution >= 4 is 0 Å². The summed E-state index contributed by atoms with van der Waals surface area (Å²) in [6.45, 7) is 4.50. The van der Waals surface area contributed by atoms with Crippen LogP contribution >= 0.6 is 0 Å². The fraction of sp³-hybridized carbons (Fsp3) is 0.520. The van der Waals surface area contributed by atoms with Crippen molar-refractivity contribution in [1.29, 1.82) is 0 Å². The fourth-order valence-electron chi connectivity index (χ4n) is 5.30. The largest absolute Gasteiger partial charge is 0.308 e. The molecule has 2 aromatic carbocycles. The van der Waals surface area contributed by atoms with Crippen LogP contribution < -0.4 is 5.32 Å². The predicted octanol–water partition coefficient (Wildman–Crippen LogP) is 5.04. The maximum absolute atomic E-state index is 4.05. The molecule has 144 valence electrons. The molecule has 0 radical (unpaired) electrons. The van der Waals surface area contributed by atoms with Crippen LogP contribution in [0.25, 0.3) is 0 Å². The van der Waals surface area contributed by atoms with Gasteiger partial charge in [0.05, 0.1) is 0 Å². The van der Waals surface area contributed by atoms with Gasteiger partial charge in [-0.25, -0.2) is 0 Å². The Morgan fingerprint density at radius 3 is 2.11 bits per heavy atom. The van der Waals surface area contributed by atoms with Crippen molar-refractivity contribution < 1.29 is 0 Å². The molecular formula is C25H34N2. The Balaban J connectivity index is 1.56. The van der Waals surface area contributed by atoms with Gasteiger partial charge in [0, 0.05) is 31.7 Å². The lowest BCUT2D eigenvalue weighted by Crippen LogP contribution is -2.64. The van der Waals surface area contributed by atoms with Crippen LogP contribution in [0, 0.1) is 5.92 Å². The highest BCUT2D eigenvalue weighted by Gasteiger charge is 2.41. The Bertz CT molecular complexity index is 676. The number of piperazine rings is 1. The van der Waals surface area contributed by atoms with Crippen molar-refractivity contribution in [3.8, 4) is 0 Å². The summed E-state index contributed by atoms with van der Waals surface area (Å²) in [6.07, 6.45) is 9.59. The monoisotopic (exact) mass is 362 g/mol. The number of nitrogens with one attached hydrogen (secondary N) is 1. The summed E-state index contributed by atoms with van der Waals surface area (Å²) < 4.78 is 0. The molecule has 2 fully saturated rings. The topological polar surface area (TPSA) is 15.3 Å². The Morgan fingerprint density at radius 2 is 1.44 bits per heavy atom. The lowest BCUT2D eigenvalue weighted by molar-refractivity contribution is 0.0707. The van der Waals surface area contributed by atoms with Gasteiger partial charge in [0.25, 0.3) is 0 Å². The number of hydrogen-bond acceptors (Lipinski definition) is 2. The van der Waals surface area contributed by atoms with E-state index in [1.165, 1.54) is 56.2 Å². The summed E-state index contributed by atoms with van der Waals surface area (Å²) in [5.41, 5.74) is 3.14. The van der Waals surface area contributed by atoms with Gasteiger partial charge in [-0.1, -0.05) is 86.3 Å². The Labute approximate surface area is 165 Å². The highest BCUT2D eigenvalue weighted by atomic mass is 15.2. The van der Waals surface area contributed by atoms with Gasteiger partial charge in [-0.3, -0.25) is 4.90 Å². The van der Waals surface area contributed by atoms with Crippen LogP contribution in [-0.2, 0) is 13.0 Å². The minimum atomic E-state index is 0.221. The van der Waals surface area contributed by atoms with E-state index in [4.69, 9.17) is 0 Å². The molecule has 1 aliphatic heterocycles. The second kappa shape index (κ2) is 9.03. The number of nitrogens with zero attached hydrogens (tertiary/aromatic N) is 1. The van der Waals surface area contributed by atoms with Crippen molar-refractivity contribution in [2.45, 2.75) is 57.0 Å². The highest BCUT2D eigenvalue weighted by Crippen LogP contribution is 2.36. The molecule has 0 aromatic heterocycles. The van der Waals surface area contributed by atoms with Gasteiger partial charge in [0.15, 0.2) is 0 Å². The highest BCUT2D eigenvalue weighted by molar-refractivity contribution is 5.20. The maximum atomic E-state index is 4.05. The zero-order valence-corrected chi connectivity index (χ0v) is 16.6. The summed E-state index contributed by atoms with van der Waals surface area (Å²) in [4.78, 5) is 2.69. The van der Waals surface area contributed by atoms with Crippen LogP contribution in [0.5, 0.6) is 0 Å². The first-order valence-electron chi connectivity index (χ1n) is 10.9. The first-order valence-corrected chi connectivity index (χ1v) is 10.9. The summed E-state index contributed by atoms with van der Waals surface area (Å²) in [7, 11) is 0. The Hall–Kier alpha value is -1.64. The second-order valence-corrected chi connectivity index (χ2v) is 8.63. The fourth-order valence-corrected chi connectivity index (χ4v) is 5.30. The van der Waals surface area contributed by atoms with Gasteiger partial charge in [-0.05, 0) is 36.3 Å². The van der Waals surface area contributed by atoms with Gasteiger partial charge in [0.1, 0.15) is 0 Å². The van der Waals surface area contributed by atoms with Crippen LogP contribution in [0.4, 0.5) is 0 Å². The lowest BCUT2D eigenvalue weighted by atomic mass is 9.73. The van der Waals surface area contributed by atoms with Gasteiger partial charge < -0.3 is 5.32 Å². The molecule has 1 saturated heterocycles. The van der Waals surface area contributed by atoms with E-state index in [-0.39, 0.29) is 5.54 Å². The summed E-state index contributed by atoms with van der Waals surface area (Å²) in [6, 6.07) is 22.2. The van der Waals surface area contributed by atoms with Gasteiger partial charge in [0.2, 0.25) is 0 Å². The first-order chi connectivity index (χ1) is 13.3. The molecule has 1 heterocycles. The summed E-state index contributed by atoms with van der Waals surface area (Å²) >= 11 is 0. The zero-order chi connectivity index (χ0) is 18.4. The van der Waals surface area contributed by atoms with Crippen molar-refractivity contribution in [3.63, 3.8) is 0 Å². The van der Waals surface area contributed by atoms with Crippen LogP contribution in [0.15, 0.2) is 60.7 Å². The molecule has 2 heteroatoms. The van der Waals surface area contributed by atoms with Gasteiger partial charge >= 0.3 is 0 Å². The van der Waals surface area contributed by atoms with Gasteiger partial charge in [-0.2, -0.15) is 0 Å². The van der Waals surface area contributed by atoms with Crippen molar-refractivity contribution in [2.75, 3.05) is 19.6 Å². The van der Waals surface area contributed by atoms with Crippen LogP contribution in [0.3, 0.4) is 0 Å². The molecule has 0 amide bonds. The zero-order valence-electron chi connectivity index (χ0n) is 16.6. The first kappa shape index (κ1) is 18.7. The van der Waals surface area contributed by atoms with Crippen LogP contribution in [0.2, 0.25) is 0 Å². The van der Waals surface area contributed by atoms with Crippen LogP contribution in [0.1, 0.15) is 49.7 Å². The average Bonchev–Trinajstić information content (AvgIpc) is 3.00. The SMILES string of the molecule is c1ccc(CN2CCNC(Cc3ccccc3)(C3CCCCCC3)C2)cc1. The van der Waals surface area contributed by atoms with Crippen molar-refractivity contribution in [2.24, 2.45) is 5.92 Å². The van der Waals surface area contributed by atoms with E-state index in [1.54, 1.807) is 0 Å². The molecule has 1 atom stereocenters. The molecule has 1 N–H and O–H groups in total. The summed E-state index contributed by atoms with van der Waals surface area (Å²) in [5.74, 6) is 0.791. The predicted molar refractivity (Wildman–Crippen MR) is 114 cm³/mol. The van der Waals surface area contributed by atoms with Crippen molar-refractivity contribution in [1.82, 2.24) is 10.2 Å². The van der Waals surface area contributed by atoms with E-state index in [9.17, 15) is 0 Å². The molecule has 1 saturated carbocycles.